The van der Waals surface area contributed by atoms with Crippen molar-refractivity contribution in [2.45, 2.75) is 12.8 Å². The molecule has 1 heterocycles. The second kappa shape index (κ2) is 7.76. The van der Waals surface area contributed by atoms with Gasteiger partial charge in [-0.1, -0.05) is 30.3 Å². The summed E-state index contributed by atoms with van der Waals surface area (Å²) in [5.41, 5.74) is 0.481. The molecule has 10 nitrogen and oxygen atoms in total. The van der Waals surface area contributed by atoms with Crippen LogP contribution in [0.15, 0.2) is 68.8 Å². The van der Waals surface area contributed by atoms with Crippen molar-refractivity contribution in [1.82, 2.24) is 5.32 Å². The van der Waals surface area contributed by atoms with Crippen LogP contribution in [-0.2, 0) is 0 Å². The van der Waals surface area contributed by atoms with Crippen LogP contribution >= 0.6 is 0 Å². The highest BCUT2D eigenvalue weighted by molar-refractivity contribution is 6.00. The van der Waals surface area contributed by atoms with Crippen molar-refractivity contribution in [1.29, 1.82) is 0 Å². The lowest BCUT2D eigenvalue weighted by molar-refractivity contribution is -0.428. The van der Waals surface area contributed by atoms with Crippen LogP contribution in [0.1, 0.15) is 23.2 Å². The van der Waals surface area contributed by atoms with Crippen molar-refractivity contribution in [3.63, 3.8) is 0 Å². The van der Waals surface area contributed by atoms with Crippen LogP contribution in [0, 0.1) is 10.1 Å². The van der Waals surface area contributed by atoms with E-state index in [1.165, 1.54) is 6.07 Å². The molecule has 0 saturated heterocycles. The van der Waals surface area contributed by atoms with Crippen LogP contribution in [0.25, 0.3) is 11.3 Å². The number of benzene rings is 1. The number of anilines is 1. The first-order chi connectivity index (χ1) is 13.4. The first-order valence-electron chi connectivity index (χ1n) is 8.12. The Labute approximate surface area is 157 Å². The summed E-state index contributed by atoms with van der Waals surface area (Å²) in [5, 5.41) is 32.3. The Kier molecular flexibility index (Phi) is 5.23. The van der Waals surface area contributed by atoms with Crippen molar-refractivity contribution in [3.05, 3.63) is 85.7 Å². The predicted octanol–water partition coefficient (Wildman–Crippen LogP) is 2.56. The summed E-state index contributed by atoms with van der Waals surface area (Å²) in [4.78, 5) is 35.0. The zero-order valence-corrected chi connectivity index (χ0v) is 14.3. The second-order valence-corrected chi connectivity index (χ2v) is 5.88. The van der Waals surface area contributed by atoms with Crippen LogP contribution in [0.5, 0.6) is 0 Å². The van der Waals surface area contributed by atoms with Gasteiger partial charge in [-0.15, -0.1) is 0 Å². The average molecular weight is 385 g/mol. The van der Waals surface area contributed by atoms with E-state index in [0.717, 1.165) is 6.08 Å². The SMILES string of the molecule is O=C(NC1=C(O)C=C([N+](=O)[O-])CC1)c1c(NO)cc(-c2ccccc2)oc1=O. The molecule has 1 aliphatic carbocycles. The number of hydrogen-bond donors (Lipinski definition) is 4. The number of nitrogens with one attached hydrogen (secondary N) is 2. The number of aliphatic hydroxyl groups is 1. The third-order valence-electron chi connectivity index (χ3n) is 4.10. The summed E-state index contributed by atoms with van der Waals surface area (Å²) in [6.45, 7) is 0. The summed E-state index contributed by atoms with van der Waals surface area (Å²) in [5.74, 6) is -1.28. The minimum atomic E-state index is -1.01. The molecular weight excluding hydrogens is 370 g/mol. The third kappa shape index (κ3) is 3.76. The molecule has 2 aromatic rings. The van der Waals surface area contributed by atoms with E-state index in [2.05, 4.69) is 5.32 Å². The van der Waals surface area contributed by atoms with Gasteiger partial charge >= 0.3 is 5.63 Å². The third-order valence-corrected chi connectivity index (χ3v) is 4.10. The Balaban J connectivity index is 1.93. The number of allylic oxidation sites excluding steroid dienone is 3. The van der Waals surface area contributed by atoms with Crippen LogP contribution in [0.3, 0.4) is 0 Å². The molecule has 0 aliphatic heterocycles. The fourth-order valence-corrected chi connectivity index (χ4v) is 2.71. The number of carbonyl (C=O) groups excluding carboxylic acids is 1. The molecule has 0 bridgehead atoms. The maximum atomic E-state index is 12.5. The van der Waals surface area contributed by atoms with Crippen molar-refractivity contribution >= 4 is 11.6 Å². The Morgan fingerprint density at radius 2 is 1.93 bits per heavy atom. The van der Waals surface area contributed by atoms with Gasteiger partial charge in [0.1, 0.15) is 11.5 Å². The lowest BCUT2D eigenvalue weighted by Gasteiger charge is -2.15. The molecule has 0 saturated carbocycles. The number of nitrogens with zero attached hydrogens (tertiary/aromatic N) is 1. The summed E-state index contributed by atoms with van der Waals surface area (Å²) in [6, 6.07) is 9.88. The molecule has 1 aromatic carbocycles. The first kappa shape index (κ1) is 18.9. The highest BCUT2D eigenvalue weighted by atomic mass is 16.6. The Morgan fingerprint density at radius 3 is 2.54 bits per heavy atom. The topological polar surface area (TPSA) is 155 Å². The molecule has 1 aromatic heterocycles. The van der Waals surface area contributed by atoms with Crippen molar-refractivity contribution in [3.8, 4) is 11.3 Å². The van der Waals surface area contributed by atoms with E-state index in [1.54, 1.807) is 35.8 Å². The lowest BCUT2D eigenvalue weighted by Crippen LogP contribution is -2.30. The Bertz CT molecular complexity index is 1050. The molecule has 0 atom stereocenters. The lowest BCUT2D eigenvalue weighted by atomic mass is 10.1. The summed E-state index contributed by atoms with van der Waals surface area (Å²) >= 11 is 0. The van der Waals surface area contributed by atoms with E-state index in [0.29, 0.717) is 5.56 Å². The quantitative estimate of drug-likeness (QED) is 0.452. The molecule has 1 amide bonds. The van der Waals surface area contributed by atoms with E-state index in [-0.39, 0.29) is 35.7 Å². The molecule has 0 radical (unpaired) electrons. The summed E-state index contributed by atoms with van der Waals surface area (Å²) in [6.07, 6.45) is 0.935. The van der Waals surface area contributed by atoms with E-state index in [4.69, 9.17) is 4.42 Å². The van der Waals surface area contributed by atoms with Crippen molar-refractivity contribution in [2.75, 3.05) is 5.48 Å². The summed E-state index contributed by atoms with van der Waals surface area (Å²) < 4.78 is 5.18. The molecular formula is C18H15N3O7. The van der Waals surface area contributed by atoms with E-state index in [9.17, 15) is 30.0 Å². The number of amides is 1. The van der Waals surface area contributed by atoms with Gasteiger partial charge in [0.05, 0.1) is 22.4 Å². The monoisotopic (exact) mass is 385 g/mol. The van der Waals surface area contributed by atoms with Crippen LogP contribution in [0.2, 0.25) is 0 Å². The minimum absolute atomic E-state index is 0.000292. The van der Waals surface area contributed by atoms with Gasteiger partial charge < -0.3 is 14.8 Å². The van der Waals surface area contributed by atoms with Gasteiger partial charge in [-0.25, -0.2) is 4.79 Å². The van der Waals surface area contributed by atoms with Gasteiger partial charge in [-0.3, -0.25) is 25.6 Å². The van der Waals surface area contributed by atoms with Gasteiger partial charge in [-0.05, 0) is 0 Å². The Morgan fingerprint density at radius 1 is 1.21 bits per heavy atom. The van der Waals surface area contributed by atoms with Gasteiger partial charge in [0.15, 0.2) is 5.56 Å². The number of nitro groups is 1. The molecule has 0 fully saturated rings. The zero-order chi connectivity index (χ0) is 20.3. The molecule has 4 N–H and O–H groups in total. The first-order valence-corrected chi connectivity index (χ1v) is 8.12. The standard InChI is InChI=1S/C18H15N3O7/c22-14-8-11(21(26)27)6-7-12(14)19-17(23)16-13(20-25)9-15(28-18(16)24)10-4-2-1-3-5-10/h1-5,8-9,20,22,25H,6-7H2,(H,19,23). The Hall–Kier alpha value is -3.92. The number of hydrogen-bond acceptors (Lipinski definition) is 8. The van der Waals surface area contributed by atoms with Crippen molar-refractivity contribution in [2.24, 2.45) is 0 Å². The van der Waals surface area contributed by atoms with Gasteiger partial charge in [0.2, 0.25) is 5.70 Å². The van der Waals surface area contributed by atoms with Crippen LogP contribution in [-0.4, -0.2) is 21.1 Å². The highest BCUT2D eigenvalue weighted by Crippen LogP contribution is 2.25. The summed E-state index contributed by atoms with van der Waals surface area (Å²) in [7, 11) is 0. The second-order valence-electron chi connectivity index (χ2n) is 5.88. The van der Waals surface area contributed by atoms with E-state index >= 15 is 0 Å². The predicted molar refractivity (Wildman–Crippen MR) is 97.3 cm³/mol. The van der Waals surface area contributed by atoms with Gasteiger partial charge in [-0.2, -0.15) is 0 Å². The molecule has 10 heteroatoms. The molecule has 0 spiro atoms. The van der Waals surface area contributed by atoms with E-state index in [1.807, 2.05) is 0 Å². The number of rotatable bonds is 5. The maximum Gasteiger partial charge on any atom is 0.351 e. The van der Waals surface area contributed by atoms with Crippen molar-refractivity contribution < 1.29 is 24.4 Å². The normalized spacial score (nSPS) is 13.7. The zero-order valence-electron chi connectivity index (χ0n) is 14.3. The van der Waals surface area contributed by atoms with Gasteiger partial charge in [0.25, 0.3) is 5.91 Å². The molecule has 0 unspecified atom stereocenters. The number of carbonyl (C=O) groups is 1. The number of aliphatic hydroxyl groups excluding tert-OH is 1. The fourth-order valence-electron chi connectivity index (χ4n) is 2.71. The van der Waals surface area contributed by atoms with Crippen LogP contribution in [0.4, 0.5) is 5.69 Å². The minimum Gasteiger partial charge on any atom is -0.506 e. The maximum absolute atomic E-state index is 12.5. The average Bonchev–Trinajstić information content (AvgIpc) is 2.69. The van der Waals surface area contributed by atoms with Crippen LogP contribution < -0.4 is 16.4 Å². The fraction of sp³-hybridized carbons (Fsp3) is 0.111. The van der Waals surface area contributed by atoms with Gasteiger partial charge in [0, 0.05) is 24.5 Å². The van der Waals surface area contributed by atoms with E-state index < -0.39 is 27.8 Å². The molecule has 1 aliphatic rings. The highest BCUT2D eigenvalue weighted by Gasteiger charge is 2.25. The largest absolute Gasteiger partial charge is 0.506 e. The smallest absolute Gasteiger partial charge is 0.351 e. The molecule has 3 rings (SSSR count). The molecule has 28 heavy (non-hydrogen) atoms. The molecule has 144 valence electrons.